The maximum atomic E-state index is 12.3. The minimum absolute atomic E-state index is 0.0425. The molecular formula is C13H15NO4S. The van der Waals surface area contributed by atoms with Crippen LogP contribution in [0, 0.1) is 5.92 Å². The highest BCUT2D eigenvalue weighted by Gasteiger charge is 2.35. The van der Waals surface area contributed by atoms with E-state index in [1.165, 1.54) is 16.4 Å². The van der Waals surface area contributed by atoms with Crippen LogP contribution >= 0.6 is 0 Å². The molecule has 19 heavy (non-hydrogen) atoms. The summed E-state index contributed by atoms with van der Waals surface area (Å²) in [6.07, 6.45) is 1.99. The van der Waals surface area contributed by atoms with E-state index in [2.05, 4.69) is 6.58 Å². The van der Waals surface area contributed by atoms with Crippen molar-refractivity contribution in [3.63, 3.8) is 0 Å². The first-order valence-corrected chi connectivity index (χ1v) is 7.34. The van der Waals surface area contributed by atoms with Crippen LogP contribution in [0.2, 0.25) is 0 Å². The van der Waals surface area contributed by atoms with Gasteiger partial charge in [0.15, 0.2) is 0 Å². The van der Waals surface area contributed by atoms with Gasteiger partial charge in [-0.2, -0.15) is 4.31 Å². The van der Waals surface area contributed by atoms with Crippen molar-refractivity contribution in [3.05, 3.63) is 36.4 Å². The summed E-state index contributed by atoms with van der Waals surface area (Å²) in [7, 11) is -3.59. The number of sulfonamides is 1. The number of hydrogen-bond acceptors (Lipinski definition) is 3. The van der Waals surface area contributed by atoms with E-state index in [0.717, 1.165) is 5.56 Å². The monoisotopic (exact) mass is 281 g/mol. The van der Waals surface area contributed by atoms with Crippen molar-refractivity contribution < 1.29 is 18.3 Å². The molecule has 1 saturated heterocycles. The number of carboxylic acid groups (broad SMARTS) is 1. The van der Waals surface area contributed by atoms with Crippen molar-refractivity contribution in [1.29, 1.82) is 0 Å². The number of rotatable bonds is 4. The summed E-state index contributed by atoms with van der Waals surface area (Å²) < 4.78 is 25.8. The summed E-state index contributed by atoms with van der Waals surface area (Å²) in [5, 5.41) is 8.90. The molecule has 1 N–H and O–H groups in total. The molecule has 0 aromatic heterocycles. The number of hydrogen-bond donors (Lipinski definition) is 1. The zero-order valence-electron chi connectivity index (χ0n) is 10.3. The van der Waals surface area contributed by atoms with Gasteiger partial charge in [0, 0.05) is 13.1 Å². The molecule has 6 heteroatoms. The molecule has 1 aliphatic heterocycles. The number of nitrogens with zero attached hydrogens (tertiary/aromatic N) is 1. The van der Waals surface area contributed by atoms with Gasteiger partial charge in [0.2, 0.25) is 10.0 Å². The third-order valence-corrected chi connectivity index (χ3v) is 5.13. The van der Waals surface area contributed by atoms with Gasteiger partial charge in [-0.3, -0.25) is 4.79 Å². The van der Waals surface area contributed by atoms with Crippen LogP contribution in [0.1, 0.15) is 12.0 Å². The first-order chi connectivity index (χ1) is 8.95. The zero-order valence-corrected chi connectivity index (χ0v) is 11.1. The van der Waals surface area contributed by atoms with Crippen LogP contribution in [-0.4, -0.2) is 36.9 Å². The van der Waals surface area contributed by atoms with Crippen LogP contribution in [-0.2, 0) is 14.8 Å². The summed E-state index contributed by atoms with van der Waals surface area (Å²) in [5.41, 5.74) is 0.837. The summed E-state index contributed by atoms with van der Waals surface area (Å²) in [6.45, 7) is 3.90. The predicted octanol–water partition coefficient (Wildman–Crippen LogP) is 1.42. The lowest BCUT2D eigenvalue weighted by atomic mass is 10.1. The van der Waals surface area contributed by atoms with E-state index < -0.39 is 21.9 Å². The summed E-state index contributed by atoms with van der Waals surface area (Å²) in [5.74, 6) is -1.55. The second-order valence-corrected chi connectivity index (χ2v) is 6.40. The second-order valence-electron chi connectivity index (χ2n) is 4.46. The van der Waals surface area contributed by atoms with Gasteiger partial charge < -0.3 is 5.11 Å². The lowest BCUT2D eigenvalue weighted by Crippen LogP contribution is -2.30. The Morgan fingerprint density at radius 3 is 2.47 bits per heavy atom. The Bertz CT molecular complexity index is 592. The van der Waals surface area contributed by atoms with Crippen molar-refractivity contribution in [1.82, 2.24) is 4.31 Å². The number of carboxylic acids is 1. The predicted molar refractivity (Wildman–Crippen MR) is 71.0 cm³/mol. The SMILES string of the molecule is C=Cc1ccc(S(=O)(=O)N2CCC(C(=O)O)C2)cc1. The highest BCUT2D eigenvalue weighted by atomic mass is 32.2. The lowest BCUT2D eigenvalue weighted by Gasteiger charge is -2.16. The van der Waals surface area contributed by atoms with Gasteiger partial charge in [-0.1, -0.05) is 24.8 Å². The second kappa shape index (κ2) is 5.14. The molecule has 2 rings (SSSR count). The van der Waals surface area contributed by atoms with Crippen LogP contribution in [0.25, 0.3) is 6.08 Å². The number of carbonyl (C=O) groups is 1. The van der Waals surface area contributed by atoms with Gasteiger partial charge in [0.05, 0.1) is 10.8 Å². The third kappa shape index (κ3) is 2.69. The molecule has 102 valence electrons. The van der Waals surface area contributed by atoms with Crippen molar-refractivity contribution in [3.8, 4) is 0 Å². The summed E-state index contributed by atoms with van der Waals surface area (Å²) >= 11 is 0. The first-order valence-electron chi connectivity index (χ1n) is 5.90. The van der Waals surface area contributed by atoms with E-state index in [-0.39, 0.29) is 18.0 Å². The Hall–Kier alpha value is -1.66. The lowest BCUT2D eigenvalue weighted by molar-refractivity contribution is -0.141. The van der Waals surface area contributed by atoms with E-state index in [4.69, 9.17) is 5.11 Å². The summed E-state index contributed by atoms with van der Waals surface area (Å²) in [4.78, 5) is 11.0. The molecule has 1 aliphatic rings. The fourth-order valence-corrected chi connectivity index (χ4v) is 3.57. The van der Waals surface area contributed by atoms with Crippen molar-refractivity contribution >= 4 is 22.1 Å². The molecule has 1 aromatic carbocycles. The molecule has 0 radical (unpaired) electrons. The Morgan fingerprint density at radius 2 is 2.00 bits per heavy atom. The fourth-order valence-electron chi connectivity index (χ4n) is 2.07. The number of benzene rings is 1. The molecule has 0 amide bonds. The molecule has 5 nitrogen and oxygen atoms in total. The van der Waals surface area contributed by atoms with E-state index >= 15 is 0 Å². The minimum atomic E-state index is -3.59. The third-order valence-electron chi connectivity index (χ3n) is 3.25. The topological polar surface area (TPSA) is 74.7 Å². The molecule has 1 atom stereocenters. The molecule has 1 heterocycles. The quantitative estimate of drug-likeness (QED) is 0.906. The molecular weight excluding hydrogens is 266 g/mol. The highest BCUT2D eigenvalue weighted by molar-refractivity contribution is 7.89. The standard InChI is InChI=1S/C13H15NO4S/c1-2-10-3-5-12(6-4-10)19(17,18)14-8-7-11(9-14)13(15)16/h2-6,11H,1,7-9H2,(H,15,16). The molecule has 0 saturated carbocycles. The van der Waals surface area contributed by atoms with Crippen LogP contribution < -0.4 is 0 Å². The molecule has 1 unspecified atom stereocenters. The largest absolute Gasteiger partial charge is 0.481 e. The Labute approximate surface area is 112 Å². The van der Waals surface area contributed by atoms with Crippen LogP contribution in [0.15, 0.2) is 35.7 Å². The number of aliphatic carboxylic acids is 1. The maximum absolute atomic E-state index is 12.3. The van der Waals surface area contributed by atoms with E-state index in [1.54, 1.807) is 18.2 Å². The Kier molecular flexibility index (Phi) is 3.73. The molecule has 0 spiro atoms. The van der Waals surface area contributed by atoms with Crippen LogP contribution in [0.3, 0.4) is 0 Å². The molecule has 1 aromatic rings. The fraction of sp³-hybridized carbons (Fsp3) is 0.308. The first kappa shape index (κ1) is 13.8. The summed E-state index contributed by atoms with van der Waals surface area (Å²) in [6, 6.07) is 6.37. The van der Waals surface area contributed by atoms with Gasteiger partial charge in [0.1, 0.15) is 0 Å². The van der Waals surface area contributed by atoms with E-state index in [9.17, 15) is 13.2 Å². The van der Waals surface area contributed by atoms with Gasteiger partial charge in [-0.25, -0.2) is 8.42 Å². The maximum Gasteiger partial charge on any atom is 0.307 e. The average Bonchev–Trinajstić information content (AvgIpc) is 2.89. The van der Waals surface area contributed by atoms with Crippen molar-refractivity contribution in [2.75, 3.05) is 13.1 Å². The van der Waals surface area contributed by atoms with Gasteiger partial charge in [-0.15, -0.1) is 0 Å². The Morgan fingerprint density at radius 1 is 1.37 bits per heavy atom. The van der Waals surface area contributed by atoms with Gasteiger partial charge >= 0.3 is 5.97 Å². The Balaban J connectivity index is 2.23. The van der Waals surface area contributed by atoms with Crippen molar-refractivity contribution in [2.45, 2.75) is 11.3 Å². The molecule has 0 bridgehead atoms. The minimum Gasteiger partial charge on any atom is -0.481 e. The van der Waals surface area contributed by atoms with E-state index in [1.807, 2.05) is 0 Å². The van der Waals surface area contributed by atoms with E-state index in [0.29, 0.717) is 6.42 Å². The van der Waals surface area contributed by atoms with Gasteiger partial charge in [-0.05, 0) is 24.1 Å². The molecule has 0 aliphatic carbocycles. The zero-order chi connectivity index (χ0) is 14.0. The molecule has 1 fully saturated rings. The smallest absolute Gasteiger partial charge is 0.307 e. The average molecular weight is 281 g/mol. The normalized spacial score (nSPS) is 20.3. The highest BCUT2D eigenvalue weighted by Crippen LogP contribution is 2.24. The van der Waals surface area contributed by atoms with Crippen LogP contribution in [0.4, 0.5) is 0 Å². The van der Waals surface area contributed by atoms with Gasteiger partial charge in [0.25, 0.3) is 0 Å². The van der Waals surface area contributed by atoms with Crippen molar-refractivity contribution in [2.24, 2.45) is 5.92 Å². The van der Waals surface area contributed by atoms with Crippen LogP contribution in [0.5, 0.6) is 0 Å².